The second kappa shape index (κ2) is 3.47. The average molecular weight is 219 g/mol. The van der Waals surface area contributed by atoms with Crippen LogP contribution in [0.4, 0.5) is 5.00 Å². The standard InChI is InChI=1S/C11H13N3S/c12-8-5-6-14(7-8)11-9-3-1-2-4-10(9)13-15-11/h1-4,8H,5-7,12H2. The summed E-state index contributed by atoms with van der Waals surface area (Å²) in [5.41, 5.74) is 7.01. The van der Waals surface area contributed by atoms with Crippen molar-refractivity contribution < 1.29 is 0 Å². The lowest BCUT2D eigenvalue weighted by atomic mass is 10.2. The molecule has 0 spiro atoms. The first-order valence-electron chi connectivity index (χ1n) is 5.19. The van der Waals surface area contributed by atoms with Crippen LogP contribution >= 0.6 is 11.5 Å². The molecule has 1 saturated heterocycles. The smallest absolute Gasteiger partial charge is 0.120 e. The van der Waals surface area contributed by atoms with Crippen molar-refractivity contribution in [2.75, 3.05) is 18.0 Å². The van der Waals surface area contributed by atoms with Crippen molar-refractivity contribution in [3.8, 4) is 0 Å². The van der Waals surface area contributed by atoms with Crippen LogP contribution < -0.4 is 10.6 Å². The largest absolute Gasteiger partial charge is 0.360 e. The van der Waals surface area contributed by atoms with Crippen molar-refractivity contribution in [2.24, 2.45) is 5.73 Å². The molecule has 1 fully saturated rings. The van der Waals surface area contributed by atoms with Gasteiger partial charge in [0.2, 0.25) is 0 Å². The third-order valence-corrected chi connectivity index (χ3v) is 3.82. The van der Waals surface area contributed by atoms with Crippen molar-refractivity contribution in [2.45, 2.75) is 12.5 Å². The van der Waals surface area contributed by atoms with E-state index in [2.05, 4.69) is 27.5 Å². The monoisotopic (exact) mass is 219 g/mol. The number of rotatable bonds is 1. The Morgan fingerprint density at radius 1 is 1.40 bits per heavy atom. The summed E-state index contributed by atoms with van der Waals surface area (Å²) in [6.07, 6.45) is 1.09. The molecule has 1 aliphatic rings. The highest BCUT2D eigenvalue weighted by molar-refractivity contribution is 7.11. The number of anilines is 1. The molecule has 1 aliphatic heterocycles. The third kappa shape index (κ3) is 1.50. The molecule has 0 radical (unpaired) electrons. The van der Waals surface area contributed by atoms with E-state index >= 15 is 0 Å². The fraction of sp³-hybridized carbons (Fsp3) is 0.364. The van der Waals surface area contributed by atoms with E-state index < -0.39 is 0 Å². The van der Waals surface area contributed by atoms with Gasteiger partial charge < -0.3 is 10.6 Å². The van der Waals surface area contributed by atoms with Crippen molar-refractivity contribution in [1.29, 1.82) is 0 Å². The van der Waals surface area contributed by atoms with Crippen LogP contribution in [0.5, 0.6) is 0 Å². The SMILES string of the molecule is NC1CCN(c2snc3ccccc23)C1. The summed E-state index contributed by atoms with van der Waals surface area (Å²) in [6.45, 7) is 2.03. The van der Waals surface area contributed by atoms with Gasteiger partial charge in [0.25, 0.3) is 0 Å². The van der Waals surface area contributed by atoms with Crippen LogP contribution in [0.25, 0.3) is 10.9 Å². The van der Waals surface area contributed by atoms with E-state index in [-0.39, 0.29) is 0 Å². The van der Waals surface area contributed by atoms with Crippen LogP contribution in [-0.2, 0) is 0 Å². The second-order valence-electron chi connectivity index (χ2n) is 4.00. The van der Waals surface area contributed by atoms with Gasteiger partial charge in [0.05, 0.1) is 5.52 Å². The lowest BCUT2D eigenvalue weighted by Crippen LogP contribution is -2.25. The summed E-state index contributed by atoms with van der Waals surface area (Å²) in [5.74, 6) is 0. The van der Waals surface area contributed by atoms with Gasteiger partial charge in [0.1, 0.15) is 5.00 Å². The van der Waals surface area contributed by atoms with Gasteiger partial charge in [-0.15, -0.1) is 0 Å². The highest BCUT2D eigenvalue weighted by Crippen LogP contribution is 2.32. The zero-order valence-electron chi connectivity index (χ0n) is 8.39. The quantitative estimate of drug-likeness (QED) is 0.795. The highest BCUT2D eigenvalue weighted by Gasteiger charge is 2.22. The number of nitrogens with two attached hydrogens (primary N) is 1. The Morgan fingerprint density at radius 2 is 2.27 bits per heavy atom. The highest BCUT2D eigenvalue weighted by atomic mass is 32.1. The first-order chi connectivity index (χ1) is 7.34. The summed E-state index contributed by atoms with van der Waals surface area (Å²) < 4.78 is 4.45. The molecule has 3 rings (SSSR count). The Hall–Kier alpha value is -1.13. The van der Waals surface area contributed by atoms with E-state index in [1.807, 2.05) is 6.07 Å². The average Bonchev–Trinajstić information content (AvgIpc) is 2.83. The van der Waals surface area contributed by atoms with E-state index in [4.69, 9.17) is 5.73 Å². The zero-order valence-corrected chi connectivity index (χ0v) is 9.20. The van der Waals surface area contributed by atoms with Crippen LogP contribution in [0.3, 0.4) is 0 Å². The third-order valence-electron chi connectivity index (χ3n) is 2.88. The summed E-state index contributed by atoms with van der Waals surface area (Å²) >= 11 is 1.58. The molecular formula is C11H13N3S. The number of hydrogen-bond acceptors (Lipinski definition) is 4. The maximum Gasteiger partial charge on any atom is 0.120 e. The minimum atomic E-state index is 0.325. The first kappa shape index (κ1) is 9.12. The predicted molar refractivity (Wildman–Crippen MR) is 64.4 cm³/mol. The fourth-order valence-corrected chi connectivity index (χ4v) is 2.97. The van der Waals surface area contributed by atoms with Crippen molar-refractivity contribution in [3.05, 3.63) is 24.3 Å². The summed E-state index contributed by atoms with van der Waals surface area (Å²) in [5, 5.41) is 2.54. The molecule has 2 aromatic rings. The fourth-order valence-electron chi connectivity index (χ4n) is 2.08. The minimum Gasteiger partial charge on any atom is -0.360 e. The summed E-state index contributed by atoms with van der Waals surface area (Å²) in [6, 6.07) is 8.62. The zero-order chi connectivity index (χ0) is 10.3. The molecule has 1 aromatic heterocycles. The molecule has 2 heterocycles. The van der Waals surface area contributed by atoms with E-state index in [0.29, 0.717) is 6.04 Å². The maximum absolute atomic E-state index is 5.92. The molecule has 0 amide bonds. The van der Waals surface area contributed by atoms with E-state index in [1.54, 1.807) is 11.5 Å². The van der Waals surface area contributed by atoms with Gasteiger partial charge in [-0.2, -0.15) is 4.37 Å². The van der Waals surface area contributed by atoms with Crippen LogP contribution in [0.15, 0.2) is 24.3 Å². The molecule has 3 nitrogen and oxygen atoms in total. The molecule has 1 unspecified atom stereocenters. The van der Waals surface area contributed by atoms with Gasteiger partial charge in [0.15, 0.2) is 0 Å². The number of benzene rings is 1. The van der Waals surface area contributed by atoms with Gasteiger partial charge in [-0.05, 0) is 30.1 Å². The van der Waals surface area contributed by atoms with Crippen LogP contribution in [-0.4, -0.2) is 23.5 Å². The molecule has 1 aromatic carbocycles. The Labute approximate surface area is 92.7 Å². The van der Waals surface area contributed by atoms with Crippen LogP contribution in [0.2, 0.25) is 0 Å². The van der Waals surface area contributed by atoms with Crippen LogP contribution in [0, 0.1) is 0 Å². The van der Waals surface area contributed by atoms with E-state index in [9.17, 15) is 0 Å². The first-order valence-corrected chi connectivity index (χ1v) is 5.97. The maximum atomic E-state index is 5.92. The molecule has 0 bridgehead atoms. The van der Waals surface area contributed by atoms with Crippen molar-refractivity contribution in [3.63, 3.8) is 0 Å². The number of aromatic nitrogens is 1. The number of nitrogens with zero attached hydrogens (tertiary/aromatic N) is 2. The van der Waals surface area contributed by atoms with Gasteiger partial charge >= 0.3 is 0 Å². The van der Waals surface area contributed by atoms with Gasteiger partial charge in [-0.25, -0.2) is 0 Å². The van der Waals surface area contributed by atoms with Gasteiger partial charge in [-0.1, -0.05) is 12.1 Å². The number of hydrogen-bond donors (Lipinski definition) is 1. The topological polar surface area (TPSA) is 42.1 Å². The van der Waals surface area contributed by atoms with Crippen molar-refractivity contribution in [1.82, 2.24) is 4.37 Å². The molecule has 78 valence electrons. The molecule has 1 atom stereocenters. The molecular weight excluding hydrogens is 206 g/mol. The molecule has 4 heteroatoms. The molecule has 0 saturated carbocycles. The van der Waals surface area contributed by atoms with Crippen LogP contribution in [0.1, 0.15) is 6.42 Å². The Bertz CT molecular complexity index is 479. The normalized spacial score (nSPS) is 21.4. The van der Waals surface area contributed by atoms with Gasteiger partial charge in [0, 0.05) is 24.5 Å². The van der Waals surface area contributed by atoms with E-state index in [0.717, 1.165) is 25.0 Å². The summed E-state index contributed by atoms with van der Waals surface area (Å²) in [7, 11) is 0. The number of fused-ring (bicyclic) bond motifs is 1. The Morgan fingerprint density at radius 3 is 3.07 bits per heavy atom. The van der Waals surface area contributed by atoms with Gasteiger partial charge in [-0.3, -0.25) is 0 Å². The second-order valence-corrected chi connectivity index (χ2v) is 4.75. The predicted octanol–water partition coefficient (Wildman–Crippen LogP) is 1.83. The molecule has 2 N–H and O–H groups in total. The summed E-state index contributed by atoms with van der Waals surface area (Å²) in [4.78, 5) is 2.35. The van der Waals surface area contributed by atoms with Crippen molar-refractivity contribution >= 4 is 27.4 Å². The lowest BCUT2D eigenvalue weighted by Gasteiger charge is -2.15. The van der Waals surface area contributed by atoms with E-state index in [1.165, 1.54) is 10.4 Å². The minimum absolute atomic E-state index is 0.325. The molecule has 15 heavy (non-hydrogen) atoms. The Kier molecular flexibility index (Phi) is 2.11. The lowest BCUT2D eigenvalue weighted by molar-refractivity contribution is 0.753. The molecule has 0 aliphatic carbocycles. The Balaban J connectivity index is 2.04.